The molecule has 0 atom stereocenters. The summed E-state index contributed by atoms with van der Waals surface area (Å²) < 4.78 is 0.914. The van der Waals surface area contributed by atoms with Crippen molar-refractivity contribution in [2.75, 3.05) is 17.3 Å². The summed E-state index contributed by atoms with van der Waals surface area (Å²) in [5.41, 5.74) is 5.78. The number of hydrogen-bond acceptors (Lipinski definition) is 2. The molecule has 0 saturated heterocycles. The van der Waals surface area contributed by atoms with Gasteiger partial charge >= 0.3 is 155 Å². The van der Waals surface area contributed by atoms with Crippen LogP contribution in [0.3, 0.4) is 0 Å². The van der Waals surface area contributed by atoms with Crippen molar-refractivity contribution in [3.8, 4) is 0 Å². The van der Waals surface area contributed by atoms with Gasteiger partial charge < -0.3 is 0 Å². The van der Waals surface area contributed by atoms with Gasteiger partial charge in [-0.1, -0.05) is 0 Å². The van der Waals surface area contributed by atoms with Gasteiger partial charge in [0.1, 0.15) is 0 Å². The zero-order valence-electron chi connectivity index (χ0n) is 14.5. The van der Waals surface area contributed by atoms with Crippen molar-refractivity contribution in [1.29, 1.82) is 0 Å². The maximum atomic E-state index is 4.62. The first-order valence-corrected chi connectivity index (χ1v) is 9.12. The molecule has 2 rings (SSSR count). The van der Waals surface area contributed by atoms with E-state index in [1.54, 1.807) is 0 Å². The number of nitrogens with zero attached hydrogens (tertiary/aromatic N) is 3. The molecule has 5 heteroatoms. The fraction of sp³-hybridized carbons (Fsp3) is 0.211. The van der Waals surface area contributed by atoms with Crippen LogP contribution in [0.15, 0.2) is 52.4 Å². The predicted octanol–water partition coefficient (Wildman–Crippen LogP) is 3.85. The Balaban J connectivity index is 2.22. The normalized spacial score (nSPS) is 11.1. The van der Waals surface area contributed by atoms with Crippen molar-refractivity contribution < 1.29 is 19.4 Å². The maximum absolute atomic E-state index is 4.62. The molecule has 0 heterocycles. The second-order valence-corrected chi connectivity index (χ2v) is 6.96. The van der Waals surface area contributed by atoms with Crippen LogP contribution in [0.5, 0.6) is 0 Å². The Morgan fingerprint density at radius 3 is 2.29 bits per heavy atom. The van der Waals surface area contributed by atoms with Crippen molar-refractivity contribution in [1.82, 2.24) is 0 Å². The summed E-state index contributed by atoms with van der Waals surface area (Å²) in [6, 6.07) is 14.4. The van der Waals surface area contributed by atoms with E-state index in [1.807, 2.05) is 25.2 Å². The Labute approximate surface area is 154 Å². The van der Waals surface area contributed by atoms with Crippen LogP contribution in [0.2, 0.25) is 0 Å². The van der Waals surface area contributed by atoms with Gasteiger partial charge in [0.2, 0.25) is 0 Å². The average Bonchev–Trinajstić information content (AvgIpc) is 2.58. The summed E-state index contributed by atoms with van der Waals surface area (Å²) in [5, 5.41) is 3.29. The minimum absolute atomic E-state index is 0.508. The van der Waals surface area contributed by atoms with E-state index >= 15 is 0 Å². The zero-order valence-corrected chi connectivity index (χ0v) is 17.4. The molecule has 0 aliphatic heterocycles. The van der Waals surface area contributed by atoms with Gasteiger partial charge in [0, 0.05) is 0 Å². The number of hydrogen-bond donors (Lipinski definition) is 1. The molecule has 1 N–H and O–H groups in total. The number of anilines is 2. The van der Waals surface area contributed by atoms with Crippen molar-refractivity contribution in [3.05, 3.63) is 59.2 Å². The Kier molecular flexibility index (Phi) is 6.22. The molecule has 0 aromatic heterocycles. The second kappa shape index (κ2) is 8.16. The summed E-state index contributed by atoms with van der Waals surface area (Å²) in [7, 11) is 2.00. The molecule has 2 aromatic rings. The molecule has 0 spiro atoms. The van der Waals surface area contributed by atoms with Crippen molar-refractivity contribution in [2.45, 2.75) is 20.8 Å². The number of rotatable bonds is 4. The van der Waals surface area contributed by atoms with E-state index in [1.165, 1.54) is 30.5 Å². The van der Waals surface area contributed by atoms with Gasteiger partial charge in [-0.15, -0.1) is 0 Å². The van der Waals surface area contributed by atoms with E-state index in [-0.39, 0.29) is 0 Å². The van der Waals surface area contributed by atoms with Crippen LogP contribution in [-0.4, -0.2) is 23.9 Å². The summed E-state index contributed by atoms with van der Waals surface area (Å²) >= 11 is 1.26. The number of aryl methyl sites for hydroxylation is 3. The molecule has 24 heavy (non-hydrogen) atoms. The van der Waals surface area contributed by atoms with Crippen LogP contribution in [0.4, 0.5) is 11.4 Å². The first-order valence-electron chi connectivity index (χ1n) is 7.65. The monoisotopic (exact) mass is 490 g/mol. The van der Waals surface area contributed by atoms with Crippen LogP contribution >= 0.6 is 0 Å². The Hall–Kier alpha value is -2.06. The third-order valence-electron chi connectivity index (χ3n) is 3.87. The fourth-order valence-corrected chi connectivity index (χ4v) is 2.94. The van der Waals surface area contributed by atoms with E-state index < -0.39 is 0 Å². The standard InChI is InChI=1S/C19H22N4.W/c1-14-11-16(3)18(12-15(14)2)22-19(20-4)21-13-23(5)17-9-7-6-8-10-17;/h6-12H,4H2,1-3,5H3,(H,21,22);. The summed E-state index contributed by atoms with van der Waals surface area (Å²) in [6.45, 7) is 9.94. The van der Waals surface area contributed by atoms with Crippen LogP contribution in [-0.2, 0) is 19.4 Å². The number of para-hydroxylation sites is 1. The summed E-state index contributed by atoms with van der Waals surface area (Å²) in [5.74, 6) is 0.508. The number of guanidine groups is 1. The molecule has 0 fully saturated rings. The molecular weight excluding hydrogens is 468 g/mol. The van der Waals surface area contributed by atoms with Gasteiger partial charge in [-0.25, -0.2) is 0 Å². The molecule has 0 unspecified atom stereocenters. The molecule has 0 bridgehead atoms. The van der Waals surface area contributed by atoms with Crippen molar-refractivity contribution in [3.63, 3.8) is 0 Å². The van der Waals surface area contributed by atoms with Crippen LogP contribution in [0.25, 0.3) is 0 Å². The quantitative estimate of drug-likeness (QED) is 0.523. The number of benzene rings is 2. The SMILES string of the molecule is C=NC(=N[C](=[W])N(C)c1ccccc1)Nc1cc(C)c(C)cc1C. The molecule has 0 aliphatic rings. The fourth-order valence-electron chi connectivity index (χ4n) is 2.25. The third-order valence-corrected chi connectivity index (χ3v) is 5.18. The van der Waals surface area contributed by atoms with Crippen molar-refractivity contribution in [2.24, 2.45) is 9.98 Å². The van der Waals surface area contributed by atoms with Gasteiger partial charge in [0.25, 0.3) is 0 Å². The van der Waals surface area contributed by atoms with Gasteiger partial charge in [-0.2, -0.15) is 0 Å². The molecule has 124 valence electrons. The Morgan fingerprint density at radius 1 is 1.04 bits per heavy atom. The van der Waals surface area contributed by atoms with Gasteiger partial charge in [-0.3, -0.25) is 0 Å². The first kappa shape index (κ1) is 18.3. The average molecular weight is 490 g/mol. The summed E-state index contributed by atoms with van der Waals surface area (Å²) in [6.07, 6.45) is 0. The molecule has 4 nitrogen and oxygen atoms in total. The van der Waals surface area contributed by atoms with E-state index in [2.05, 4.69) is 72.0 Å². The van der Waals surface area contributed by atoms with E-state index in [0.717, 1.165) is 21.1 Å². The van der Waals surface area contributed by atoms with E-state index in [9.17, 15) is 0 Å². The van der Waals surface area contributed by atoms with Crippen LogP contribution < -0.4 is 10.2 Å². The molecule has 2 aromatic carbocycles. The number of aliphatic imine (C=N–C) groups is 2. The molecular formula is C19H22N4W. The van der Waals surface area contributed by atoms with Gasteiger partial charge in [0.05, 0.1) is 0 Å². The molecule has 0 aliphatic carbocycles. The Morgan fingerprint density at radius 2 is 1.67 bits per heavy atom. The predicted molar refractivity (Wildman–Crippen MR) is 101 cm³/mol. The van der Waals surface area contributed by atoms with Crippen molar-refractivity contribution >= 4 is 28.2 Å². The zero-order chi connectivity index (χ0) is 17.7. The molecule has 0 saturated carbocycles. The molecule has 0 radical (unpaired) electrons. The molecule has 0 amide bonds. The van der Waals surface area contributed by atoms with Crippen LogP contribution in [0.1, 0.15) is 16.7 Å². The Bertz CT molecular complexity index is 781. The van der Waals surface area contributed by atoms with Gasteiger partial charge in [0.15, 0.2) is 0 Å². The van der Waals surface area contributed by atoms with E-state index in [0.29, 0.717) is 5.96 Å². The first-order chi connectivity index (χ1) is 11.4. The number of nitrogens with one attached hydrogen (secondary N) is 1. The topological polar surface area (TPSA) is 40.0 Å². The van der Waals surface area contributed by atoms with Crippen LogP contribution in [0, 0.1) is 20.8 Å². The minimum atomic E-state index is 0.508. The second-order valence-electron chi connectivity index (χ2n) is 5.65. The van der Waals surface area contributed by atoms with E-state index in [4.69, 9.17) is 0 Å². The summed E-state index contributed by atoms with van der Waals surface area (Å²) in [4.78, 5) is 10.7. The third kappa shape index (κ3) is 4.48. The van der Waals surface area contributed by atoms with Gasteiger partial charge in [-0.05, 0) is 0 Å².